The van der Waals surface area contributed by atoms with Crippen molar-refractivity contribution in [1.29, 1.82) is 0 Å². The fourth-order valence-corrected chi connectivity index (χ4v) is 2.68. The number of carbonyl (C=O) groups is 1. The third-order valence-electron chi connectivity index (χ3n) is 1.76. The molecule has 3 heteroatoms. The van der Waals surface area contributed by atoms with Crippen LogP contribution in [0.25, 0.3) is 0 Å². The van der Waals surface area contributed by atoms with E-state index in [1.165, 1.54) is 12.3 Å². The van der Waals surface area contributed by atoms with Crippen LogP contribution in [-0.2, 0) is 4.79 Å². The maximum Gasteiger partial charge on any atom is 0.303 e. The summed E-state index contributed by atoms with van der Waals surface area (Å²) in [6.45, 7) is 4.38. The predicted molar refractivity (Wildman–Crippen MR) is 49.7 cm³/mol. The highest BCUT2D eigenvalue weighted by atomic mass is 31.1. The van der Waals surface area contributed by atoms with Crippen molar-refractivity contribution in [2.75, 3.05) is 18.5 Å². The summed E-state index contributed by atoms with van der Waals surface area (Å²) < 4.78 is 0. The molecule has 2 nitrogen and oxygen atoms in total. The molecule has 0 aliphatic heterocycles. The Balaban J connectivity index is 3.28. The van der Waals surface area contributed by atoms with E-state index in [4.69, 9.17) is 5.11 Å². The molecule has 66 valence electrons. The Bertz CT molecular complexity index is 111. The monoisotopic (exact) mass is 176 g/mol. The van der Waals surface area contributed by atoms with Gasteiger partial charge in [0.1, 0.15) is 0 Å². The SMILES string of the molecule is CCP(CC)CCCC(=O)O. The average Bonchev–Trinajstić information content (AvgIpc) is 1.98. The second kappa shape index (κ2) is 6.60. The van der Waals surface area contributed by atoms with Gasteiger partial charge in [-0.2, -0.15) is 0 Å². The standard InChI is InChI=1S/C8H17O2P/c1-3-11(4-2)7-5-6-8(9)10/h3-7H2,1-2H3,(H,9,10). The Kier molecular flexibility index (Phi) is 6.54. The van der Waals surface area contributed by atoms with Crippen molar-refractivity contribution in [1.82, 2.24) is 0 Å². The number of carboxylic acid groups (broad SMARTS) is 1. The number of rotatable bonds is 6. The summed E-state index contributed by atoms with van der Waals surface area (Å²) in [5, 5.41) is 8.38. The van der Waals surface area contributed by atoms with Crippen molar-refractivity contribution in [2.24, 2.45) is 0 Å². The largest absolute Gasteiger partial charge is 0.481 e. The molecular weight excluding hydrogens is 159 g/mol. The number of carboxylic acids is 1. The lowest BCUT2D eigenvalue weighted by Crippen LogP contribution is -1.97. The van der Waals surface area contributed by atoms with E-state index in [0.29, 0.717) is 6.42 Å². The minimum Gasteiger partial charge on any atom is -0.481 e. The molecule has 0 rings (SSSR count). The Hall–Kier alpha value is -0.100. The summed E-state index contributed by atoms with van der Waals surface area (Å²) in [4.78, 5) is 10.2. The summed E-state index contributed by atoms with van der Waals surface area (Å²) in [6.07, 6.45) is 4.83. The molecule has 11 heavy (non-hydrogen) atoms. The van der Waals surface area contributed by atoms with Gasteiger partial charge in [-0.05, 0) is 24.9 Å². The zero-order valence-corrected chi connectivity index (χ0v) is 8.23. The van der Waals surface area contributed by atoms with Gasteiger partial charge in [-0.1, -0.05) is 13.8 Å². The van der Waals surface area contributed by atoms with Crippen LogP contribution in [0.1, 0.15) is 26.7 Å². The first-order valence-electron chi connectivity index (χ1n) is 4.14. The number of hydrogen-bond donors (Lipinski definition) is 1. The molecule has 0 aromatic rings. The summed E-state index contributed by atoms with van der Waals surface area (Å²) in [5.41, 5.74) is 0. The molecule has 1 N–H and O–H groups in total. The summed E-state index contributed by atoms with van der Waals surface area (Å²) in [5.74, 6) is -0.660. The van der Waals surface area contributed by atoms with Gasteiger partial charge in [0.25, 0.3) is 0 Å². The molecule has 0 radical (unpaired) electrons. The van der Waals surface area contributed by atoms with Crippen LogP contribution >= 0.6 is 7.92 Å². The van der Waals surface area contributed by atoms with Crippen molar-refractivity contribution >= 4 is 13.9 Å². The molecule has 0 unspecified atom stereocenters. The molecule has 0 aliphatic rings. The zero-order valence-electron chi connectivity index (χ0n) is 7.34. The van der Waals surface area contributed by atoms with E-state index in [-0.39, 0.29) is 7.92 Å². The smallest absolute Gasteiger partial charge is 0.303 e. The molecule has 0 amide bonds. The third kappa shape index (κ3) is 6.30. The second-order valence-corrected chi connectivity index (χ2v) is 5.58. The van der Waals surface area contributed by atoms with Crippen LogP contribution in [0, 0.1) is 0 Å². The van der Waals surface area contributed by atoms with Crippen molar-refractivity contribution in [2.45, 2.75) is 26.7 Å². The first kappa shape index (κ1) is 10.9. The van der Waals surface area contributed by atoms with E-state index in [2.05, 4.69) is 13.8 Å². The Morgan fingerprint density at radius 1 is 1.36 bits per heavy atom. The van der Waals surface area contributed by atoms with Gasteiger partial charge in [-0.15, -0.1) is 7.92 Å². The maximum atomic E-state index is 10.2. The fraction of sp³-hybridized carbons (Fsp3) is 0.875. The van der Waals surface area contributed by atoms with Crippen molar-refractivity contribution in [3.05, 3.63) is 0 Å². The molecule has 0 saturated heterocycles. The third-order valence-corrected chi connectivity index (χ3v) is 4.50. The normalized spacial score (nSPS) is 10.5. The molecule has 0 fully saturated rings. The summed E-state index contributed by atoms with van der Waals surface area (Å²) in [7, 11) is 0.150. The molecule has 0 saturated carbocycles. The van der Waals surface area contributed by atoms with Crippen LogP contribution in [-0.4, -0.2) is 29.6 Å². The average molecular weight is 176 g/mol. The van der Waals surface area contributed by atoms with Gasteiger partial charge >= 0.3 is 5.97 Å². The molecule has 0 aromatic carbocycles. The predicted octanol–water partition coefficient (Wildman–Crippen LogP) is 2.37. The van der Waals surface area contributed by atoms with Crippen LogP contribution in [0.15, 0.2) is 0 Å². The quantitative estimate of drug-likeness (QED) is 0.631. The van der Waals surface area contributed by atoms with Gasteiger partial charge in [0, 0.05) is 6.42 Å². The fourth-order valence-electron chi connectivity index (χ4n) is 0.994. The molecule has 0 bridgehead atoms. The van der Waals surface area contributed by atoms with Gasteiger partial charge in [-0.25, -0.2) is 0 Å². The molecule has 0 heterocycles. The lowest BCUT2D eigenvalue weighted by Gasteiger charge is -2.11. The van der Waals surface area contributed by atoms with E-state index < -0.39 is 5.97 Å². The van der Waals surface area contributed by atoms with Crippen LogP contribution in [0.3, 0.4) is 0 Å². The second-order valence-electron chi connectivity index (χ2n) is 2.52. The molecule has 0 atom stereocenters. The highest BCUT2D eigenvalue weighted by Gasteiger charge is 2.03. The number of aliphatic carboxylic acids is 1. The highest BCUT2D eigenvalue weighted by molar-refractivity contribution is 7.57. The molecule has 0 spiro atoms. The lowest BCUT2D eigenvalue weighted by molar-refractivity contribution is -0.137. The van der Waals surface area contributed by atoms with Gasteiger partial charge in [0.2, 0.25) is 0 Å². The van der Waals surface area contributed by atoms with Crippen LogP contribution < -0.4 is 0 Å². The van der Waals surface area contributed by atoms with E-state index in [0.717, 1.165) is 12.6 Å². The summed E-state index contributed by atoms with van der Waals surface area (Å²) >= 11 is 0. The topological polar surface area (TPSA) is 37.3 Å². The van der Waals surface area contributed by atoms with Gasteiger partial charge in [-0.3, -0.25) is 4.79 Å². The van der Waals surface area contributed by atoms with Crippen LogP contribution in [0.2, 0.25) is 0 Å². The van der Waals surface area contributed by atoms with Crippen molar-refractivity contribution in [3.8, 4) is 0 Å². The Labute approximate surface area is 69.7 Å². The lowest BCUT2D eigenvalue weighted by atomic mass is 10.3. The zero-order chi connectivity index (χ0) is 8.69. The molecule has 0 aromatic heterocycles. The Morgan fingerprint density at radius 3 is 2.27 bits per heavy atom. The maximum absolute atomic E-state index is 10.2. The minimum absolute atomic E-state index is 0.150. The summed E-state index contributed by atoms with van der Waals surface area (Å²) in [6, 6.07) is 0. The highest BCUT2D eigenvalue weighted by Crippen LogP contribution is 2.34. The van der Waals surface area contributed by atoms with Gasteiger partial charge < -0.3 is 5.11 Å². The van der Waals surface area contributed by atoms with E-state index in [1.807, 2.05) is 0 Å². The van der Waals surface area contributed by atoms with Gasteiger partial charge in [0.05, 0.1) is 0 Å². The van der Waals surface area contributed by atoms with Crippen LogP contribution in [0.4, 0.5) is 0 Å². The van der Waals surface area contributed by atoms with Crippen molar-refractivity contribution < 1.29 is 9.90 Å². The van der Waals surface area contributed by atoms with E-state index >= 15 is 0 Å². The molecular formula is C8H17O2P. The van der Waals surface area contributed by atoms with Crippen molar-refractivity contribution in [3.63, 3.8) is 0 Å². The van der Waals surface area contributed by atoms with E-state index in [1.54, 1.807) is 0 Å². The number of hydrogen-bond acceptors (Lipinski definition) is 1. The Morgan fingerprint density at radius 2 is 1.91 bits per heavy atom. The first-order chi connectivity index (χ1) is 5.20. The first-order valence-corrected chi connectivity index (χ1v) is 6.04. The minimum atomic E-state index is -0.660. The van der Waals surface area contributed by atoms with Crippen LogP contribution in [0.5, 0.6) is 0 Å². The molecule has 0 aliphatic carbocycles. The van der Waals surface area contributed by atoms with E-state index in [9.17, 15) is 4.79 Å². The van der Waals surface area contributed by atoms with Gasteiger partial charge in [0.15, 0.2) is 0 Å².